The van der Waals surface area contributed by atoms with Crippen LogP contribution in [0.15, 0.2) is 47.0 Å². The Bertz CT molecular complexity index is 986. The topological polar surface area (TPSA) is 46.3 Å². The highest BCUT2D eigenvalue weighted by molar-refractivity contribution is 6.42. The van der Waals surface area contributed by atoms with E-state index in [0.717, 1.165) is 16.8 Å². The van der Waals surface area contributed by atoms with Gasteiger partial charge in [0.05, 0.1) is 22.3 Å². The molecule has 4 rings (SSSR count). The first-order valence-corrected chi connectivity index (χ1v) is 8.76. The van der Waals surface area contributed by atoms with Crippen LogP contribution >= 0.6 is 23.2 Å². The van der Waals surface area contributed by atoms with E-state index in [1.807, 2.05) is 0 Å². The van der Waals surface area contributed by atoms with E-state index >= 15 is 0 Å². The van der Waals surface area contributed by atoms with Crippen LogP contribution in [-0.4, -0.2) is 22.5 Å². The van der Waals surface area contributed by atoms with Crippen molar-refractivity contribution < 1.29 is 13.7 Å². The van der Waals surface area contributed by atoms with E-state index in [1.165, 1.54) is 12.1 Å². The molecule has 0 saturated heterocycles. The molecule has 1 amide bonds. The molecule has 0 spiro atoms. The van der Waals surface area contributed by atoms with Crippen LogP contribution in [-0.2, 0) is 13.0 Å². The van der Waals surface area contributed by atoms with Crippen molar-refractivity contribution in [2.24, 2.45) is 0 Å². The van der Waals surface area contributed by atoms with E-state index in [-0.39, 0.29) is 11.7 Å². The molecule has 7 heteroatoms. The van der Waals surface area contributed by atoms with Crippen LogP contribution in [0.4, 0.5) is 4.39 Å². The summed E-state index contributed by atoms with van der Waals surface area (Å²) in [5.41, 5.74) is 2.87. The van der Waals surface area contributed by atoms with E-state index in [2.05, 4.69) is 5.16 Å². The zero-order chi connectivity index (χ0) is 18.3. The summed E-state index contributed by atoms with van der Waals surface area (Å²) in [4.78, 5) is 14.5. The van der Waals surface area contributed by atoms with Crippen molar-refractivity contribution in [2.75, 3.05) is 6.54 Å². The maximum atomic E-state index is 13.2. The Morgan fingerprint density at radius 2 is 1.88 bits per heavy atom. The summed E-state index contributed by atoms with van der Waals surface area (Å²) in [5, 5.41) is 4.85. The maximum absolute atomic E-state index is 13.2. The minimum Gasteiger partial charge on any atom is -0.356 e. The molecule has 1 aliphatic heterocycles. The Morgan fingerprint density at radius 1 is 1.12 bits per heavy atom. The third kappa shape index (κ3) is 3.08. The molecule has 3 aromatic rings. The normalized spacial score (nSPS) is 13.6. The Labute approximate surface area is 159 Å². The fourth-order valence-corrected chi connectivity index (χ4v) is 3.32. The second-order valence-electron chi connectivity index (χ2n) is 6.05. The highest BCUT2D eigenvalue weighted by atomic mass is 35.5. The number of amides is 1. The highest BCUT2D eigenvalue weighted by Crippen LogP contribution is 2.31. The van der Waals surface area contributed by atoms with Gasteiger partial charge in [-0.15, -0.1) is 0 Å². The number of hydrogen-bond donors (Lipinski definition) is 0. The Morgan fingerprint density at radius 3 is 2.62 bits per heavy atom. The third-order valence-electron chi connectivity index (χ3n) is 4.40. The SMILES string of the molecule is O=C(c1ccc(Cl)c(Cl)c1)N1CCc2noc(-c3ccc(F)cc3)c2C1. The fraction of sp³-hybridized carbons (Fsp3) is 0.158. The molecule has 0 atom stereocenters. The number of hydrogen-bond acceptors (Lipinski definition) is 3. The number of benzene rings is 2. The minimum absolute atomic E-state index is 0.138. The second-order valence-corrected chi connectivity index (χ2v) is 6.86. The van der Waals surface area contributed by atoms with Gasteiger partial charge in [0, 0.05) is 29.7 Å². The summed E-state index contributed by atoms with van der Waals surface area (Å²) in [6.45, 7) is 0.895. The lowest BCUT2D eigenvalue weighted by Gasteiger charge is -2.26. The fourth-order valence-electron chi connectivity index (χ4n) is 3.03. The highest BCUT2D eigenvalue weighted by Gasteiger charge is 2.28. The van der Waals surface area contributed by atoms with Crippen molar-refractivity contribution in [2.45, 2.75) is 13.0 Å². The largest absolute Gasteiger partial charge is 0.356 e. The van der Waals surface area contributed by atoms with Crippen molar-refractivity contribution in [3.05, 3.63) is 75.1 Å². The molecule has 0 radical (unpaired) electrons. The Hall–Kier alpha value is -2.37. The van der Waals surface area contributed by atoms with Crippen molar-refractivity contribution in [1.29, 1.82) is 0 Å². The first kappa shape index (κ1) is 17.1. The van der Waals surface area contributed by atoms with Crippen LogP contribution in [0.5, 0.6) is 0 Å². The molecule has 0 aliphatic carbocycles. The molecule has 2 heterocycles. The first-order valence-electron chi connectivity index (χ1n) is 8.00. The number of aromatic nitrogens is 1. The van der Waals surface area contributed by atoms with E-state index in [1.54, 1.807) is 35.2 Å². The maximum Gasteiger partial charge on any atom is 0.254 e. The minimum atomic E-state index is -0.321. The summed E-state index contributed by atoms with van der Waals surface area (Å²) in [6, 6.07) is 10.8. The summed E-state index contributed by atoms with van der Waals surface area (Å²) < 4.78 is 18.6. The van der Waals surface area contributed by atoms with Gasteiger partial charge < -0.3 is 9.42 Å². The van der Waals surface area contributed by atoms with E-state index in [9.17, 15) is 9.18 Å². The smallest absolute Gasteiger partial charge is 0.254 e. The zero-order valence-electron chi connectivity index (χ0n) is 13.5. The molecule has 26 heavy (non-hydrogen) atoms. The lowest BCUT2D eigenvalue weighted by atomic mass is 10.0. The number of nitrogens with zero attached hydrogens (tertiary/aromatic N) is 2. The lowest BCUT2D eigenvalue weighted by molar-refractivity contribution is 0.0734. The monoisotopic (exact) mass is 390 g/mol. The lowest BCUT2D eigenvalue weighted by Crippen LogP contribution is -2.35. The van der Waals surface area contributed by atoms with E-state index < -0.39 is 0 Å². The van der Waals surface area contributed by atoms with Gasteiger partial charge in [0.25, 0.3) is 5.91 Å². The molecule has 2 aromatic carbocycles. The quantitative estimate of drug-likeness (QED) is 0.619. The van der Waals surface area contributed by atoms with Crippen LogP contribution in [0.2, 0.25) is 10.0 Å². The van der Waals surface area contributed by atoms with Gasteiger partial charge in [-0.2, -0.15) is 0 Å². The van der Waals surface area contributed by atoms with Gasteiger partial charge in [-0.3, -0.25) is 4.79 Å². The summed E-state index contributed by atoms with van der Waals surface area (Å²) >= 11 is 11.9. The van der Waals surface area contributed by atoms with Gasteiger partial charge in [-0.05, 0) is 42.5 Å². The molecule has 0 bridgehead atoms. The number of fused-ring (bicyclic) bond motifs is 1. The number of halogens is 3. The second kappa shape index (κ2) is 6.74. The molecular weight excluding hydrogens is 378 g/mol. The van der Waals surface area contributed by atoms with Gasteiger partial charge in [0.2, 0.25) is 0 Å². The zero-order valence-corrected chi connectivity index (χ0v) is 15.0. The summed E-state index contributed by atoms with van der Waals surface area (Å²) in [5.74, 6) is 0.102. The van der Waals surface area contributed by atoms with Gasteiger partial charge in [0.1, 0.15) is 5.82 Å². The van der Waals surface area contributed by atoms with Gasteiger partial charge in [-0.1, -0.05) is 28.4 Å². The van der Waals surface area contributed by atoms with E-state index in [0.29, 0.717) is 40.9 Å². The van der Waals surface area contributed by atoms with E-state index in [4.69, 9.17) is 27.7 Å². The van der Waals surface area contributed by atoms with Crippen molar-refractivity contribution in [3.8, 4) is 11.3 Å². The van der Waals surface area contributed by atoms with Crippen LogP contribution in [0, 0.1) is 5.82 Å². The number of carbonyl (C=O) groups is 1. The Balaban J connectivity index is 1.63. The van der Waals surface area contributed by atoms with Gasteiger partial charge >= 0.3 is 0 Å². The summed E-state index contributed by atoms with van der Waals surface area (Å²) in [6.07, 6.45) is 0.590. The molecule has 0 saturated carbocycles. The number of carbonyl (C=O) groups excluding carboxylic acids is 1. The molecule has 0 fully saturated rings. The van der Waals surface area contributed by atoms with Crippen LogP contribution in [0.3, 0.4) is 0 Å². The van der Waals surface area contributed by atoms with Crippen LogP contribution < -0.4 is 0 Å². The molecular formula is C19H13Cl2FN2O2. The molecule has 1 aromatic heterocycles. The molecule has 4 nitrogen and oxygen atoms in total. The molecule has 0 unspecified atom stereocenters. The predicted octanol–water partition coefficient (Wildman–Crippen LogP) is 4.99. The van der Waals surface area contributed by atoms with Crippen molar-refractivity contribution in [1.82, 2.24) is 10.1 Å². The molecule has 132 valence electrons. The first-order chi connectivity index (χ1) is 12.5. The van der Waals surface area contributed by atoms with Crippen molar-refractivity contribution >= 4 is 29.1 Å². The van der Waals surface area contributed by atoms with Crippen molar-refractivity contribution in [3.63, 3.8) is 0 Å². The van der Waals surface area contributed by atoms with Gasteiger partial charge in [0.15, 0.2) is 5.76 Å². The molecule has 1 aliphatic rings. The van der Waals surface area contributed by atoms with Crippen LogP contribution in [0.1, 0.15) is 21.6 Å². The predicted molar refractivity (Wildman–Crippen MR) is 96.8 cm³/mol. The third-order valence-corrected chi connectivity index (χ3v) is 5.14. The molecule has 0 N–H and O–H groups in total. The number of rotatable bonds is 2. The Kier molecular flexibility index (Phi) is 4.42. The summed E-state index contributed by atoms with van der Waals surface area (Å²) in [7, 11) is 0. The average molecular weight is 391 g/mol. The standard InChI is InChI=1S/C19H13Cl2FN2O2/c20-15-6-3-12(9-16(15)21)19(25)24-8-7-17-14(10-24)18(26-23-17)11-1-4-13(22)5-2-11/h1-6,9H,7-8,10H2. The van der Waals surface area contributed by atoms with Gasteiger partial charge in [-0.25, -0.2) is 4.39 Å². The van der Waals surface area contributed by atoms with Crippen LogP contribution in [0.25, 0.3) is 11.3 Å². The average Bonchev–Trinajstić information content (AvgIpc) is 3.07.